The summed E-state index contributed by atoms with van der Waals surface area (Å²) in [7, 11) is 0. The van der Waals surface area contributed by atoms with Gasteiger partial charge in [0.15, 0.2) is 11.9 Å². The second-order valence-corrected chi connectivity index (χ2v) is 6.55. The fourth-order valence-corrected chi connectivity index (χ4v) is 3.36. The first-order valence-electron chi connectivity index (χ1n) is 8.81. The zero-order chi connectivity index (χ0) is 20.2. The fourth-order valence-electron chi connectivity index (χ4n) is 3.36. The number of hydrogen-bond donors (Lipinski definition) is 4. The van der Waals surface area contributed by atoms with Crippen LogP contribution >= 0.6 is 0 Å². The van der Waals surface area contributed by atoms with Gasteiger partial charge in [0.25, 0.3) is 0 Å². The molecule has 0 spiro atoms. The van der Waals surface area contributed by atoms with E-state index in [0.29, 0.717) is 44.7 Å². The number of aromatic nitrogens is 7. The van der Waals surface area contributed by atoms with Crippen LogP contribution in [0, 0.1) is 11.9 Å². The molecule has 148 valence electrons. The van der Waals surface area contributed by atoms with Gasteiger partial charge in [0.05, 0.1) is 11.1 Å². The second-order valence-electron chi connectivity index (χ2n) is 6.55. The standard InChI is InChI=1S/C19H11F2N7O2/c20-12-1-8-3-23-18(14(8)27-12)29-16-10-5-22-6-11(10)17(26-7-25-16)30-19-15-9(4-24-19)2-13(21)28-15/h1-7,23-24,27-28H. The van der Waals surface area contributed by atoms with Crippen LogP contribution in [0.3, 0.4) is 0 Å². The summed E-state index contributed by atoms with van der Waals surface area (Å²) in [6, 6.07) is 2.70. The van der Waals surface area contributed by atoms with E-state index in [4.69, 9.17) is 9.47 Å². The molecule has 6 rings (SSSR count). The van der Waals surface area contributed by atoms with Gasteiger partial charge in [-0.05, 0) is 0 Å². The van der Waals surface area contributed by atoms with Gasteiger partial charge in [-0.2, -0.15) is 8.78 Å². The van der Waals surface area contributed by atoms with E-state index in [-0.39, 0.29) is 11.8 Å². The lowest BCUT2D eigenvalue weighted by molar-refractivity contribution is 0.452. The lowest BCUT2D eigenvalue weighted by Gasteiger charge is -2.05. The molecule has 0 fully saturated rings. The Morgan fingerprint density at radius 1 is 0.733 bits per heavy atom. The quantitative estimate of drug-likeness (QED) is 0.344. The normalized spacial score (nSPS) is 11.7. The van der Waals surface area contributed by atoms with Crippen LogP contribution in [-0.4, -0.2) is 34.9 Å². The molecule has 9 nitrogen and oxygen atoms in total. The van der Waals surface area contributed by atoms with Crippen LogP contribution in [0.15, 0.2) is 43.2 Å². The molecule has 30 heavy (non-hydrogen) atoms. The van der Waals surface area contributed by atoms with E-state index in [2.05, 4.69) is 34.9 Å². The Labute approximate surface area is 165 Å². The molecule has 11 heteroatoms. The van der Waals surface area contributed by atoms with E-state index in [1.807, 2.05) is 0 Å². The number of hydrogen-bond acceptors (Lipinski definition) is 5. The van der Waals surface area contributed by atoms with Gasteiger partial charge in [0, 0.05) is 47.7 Å². The first-order valence-corrected chi connectivity index (χ1v) is 8.81. The van der Waals surface area contributed by atoms with E-state index in [0.717, 1.165) is 0 Å². The van der Waals surface area contributed by atoms with Gasteiger partial charge in [-0.3, -0.25) is 4.98 Å². The predicted molar refractivity (Wildman–Crippen MR) is 102 cm³/mol. The van der Waals surface area contributed by atoms with Gasteiger partial charge in [0.1, 0.15) is 17.4 Å². The van der Waals surface area contributed by atoms with Gasteiger partial charge in [0.2, 0.25) is 23.5 Å². The molecule has 0 bridgehead atoms. The van der Waals surface area contributed by atoms with Crippen molar-refractivity contribution >= 4 is 21.8 Å². The van der Waals surface area contributed by atoms with Crippen LogP contribution in [0.25, 0.3) is 32.9 Å². The first-order chi connectivity index (χ1) is 14.7. The number of ether oxygens (including phenoxy) is 2. The van der Waals surface area contributed by atoms with Gasteiger partial charge in [-0.25, -0.2) is 9.97 Å². The molecule has 0 atom stereocenters. The summed E-state index contributed by atoms with van der Waals surface area (Å²) in [5.41, 5.74) is 2.00. The highest BCUT2D eigenvalue weighted by Gasteiger charge is 2.21. The molecule has 4 aromatic heterocycles. The van der Waals surface area contributed by atoms with E-state index in [9.17, 15) is 8.78 Å². The van der Waals surface area contributed by atoms with E-state index >= 15 is 0 Å². The fraction of sp³-hybridized carbons (Fsp3) is 0. The Morgan fingerprint density at radius 2 is 1.23 bits per heavy atom. The molecule has 0 aromatic carbocycles. The van der Waals surface area contributed by atoms with Crippen molar-refractivity contribution in [2.75, 3.05) is 0 Å². The SMILES string of the molecule is Fc1cc2c[nH]c(Oc3ncnc(Oc4[nH]cc5cc(F)[nH]c45)c4cncc3-4)c2[nH]1. The predicted octanol–water partition coefficient (Wildman–Crippen LogP) is 4.46. The highest BCUT2D eigenvalue weighted by atomic mass is 19.1. The van der Waals surface area contributed by atoms with Crippen LogP contribution in [0.2, 0.25) is 0 Å². The van der Waals surface area contributed by atoms with Crippen molar-refractivity contribution in [3.8, 4) is 34.6 Å². The van der Waals surface area contributed by atoms with Gasteiger partial charge >= 0.3 is 0 Å². The van der Waals surface area contributed by atoms with Crippen LogP contribution in [0.4, 0.5) is 8.78 Å². The van der Waals surface area contributed by atoms with E-state index in [1.54, 1.807) is 24.8 Å². The number of nitrogens with zero attached hydrogens (tertiary/aromatic N) is 3. The maximum Gasteiger partial charge on any atom is 0.232 e. The summed E-state index contributed by atoms with van der Waals surface area (Å²) in [6.45, 7) is 0. The summed E-state index contributed by atoms with van der Waals surface area (Å²) in [5, 5.41) is 1.27. The number of fused-ring (bicyclic) bond motifs is 3. The summed E-state index contributed by atoms with van der Waals surface area (Å²) < 4.78 is 38.7. The van der Waals surface area contributed by atoms with Crippen molar-refractivity contribution in [3.05, 3.63) is 55.1 Å². The average molecular weight is 407 g/mol. The molecule has 0 saturated carbocycles. The third kappa shape index (κ3) is 2.49. The molecular weight excluding hydrogens is 396 g/mol. The first kappa shape index (κ1) is 16.5. The van der Waals surface area contributed by atoms with Crippen molar-refractivity contribution < 1.29 is 18.3 Å². The minimum Gasteiger partial charge on any atom is -0.420 e. The third-order valence-corrected chi connectivity index (χ3v) is 4.71. The van der Waals surface area contributed by atoms with Crippen LogP contribution < -0.4 is 9.47 Å². The topological polar surface area (TPSA) is 120 Å². The lowest BCUT2D eigenvalue weighted by atomic mass is 10.2. The summed E-state index contributed by atoms with van der Waals surface area (Å²) >= 11 is 0. The largest absolute Gasteiger partial charge is 0.420 e. The number of aromatic amines is 4. The minimum atomic E-state index is -0.471. The molecule has 2 aliphatic rings. The molecule has 6 heterocycles. The van der Waals surface area contributed by atoms with E-state index < -0.39 is 11.9 Å². The lowest BCUT2D eigenvalue weighted by Crippen LogP contribution is -1.90. The smallest absolute Gasteiger partial charge is 0.232 e. The van der Waals surface area contributed by atoms with Crippen molar-refractivity contribution in [1.82, 2.24) is 34.9 Å². The molecule has 0 saturated heterocycles. The Balaban J connectivity index is 1.38. The second kappa shape index (κ2) is 6.04. The van der Waals surface area contributed by atoms with Gasteiger partial charge < -0.3 is 29.4 Å². The zero-order valence-corrected chi connectivity index (χ0v) is 15.0. The number of rotatable bonds is 4. The van der Waals surface area contributed by atoms with Crippen LogP contribution in [0.1, 0.15) is 0 Å². The molecule has 2 aliphatic heterocycles. The van der Waals surface area contributed by atoms with Crippen LogP contribution in [-0.2, 0) is 0 Å². The Kier molecular flexibility index (Phi) is 3.33. The van der Waals surface area contributed by atoms with E-state index in [1.165, 1.54) is 18.5 Å². The average Bonchev–Trinajstić information content (AvgIpc) is 3.49. The third-order valence-electron chi connectivity index (χ3n) is 4.71. The molecule has 0 amide bonds. The van der Waals surface area contributed by atoms with Crippen molar-refractivity contribution in [1.29, 1.82) is 0 Å². The monoisotopic (exact) mass is 407 g/mol. The Hall–Kier alpha value is -4.41. The number of halogens is 2. The van der Waals surface area contributed by atoms with Crippen molar-refractivity contribution in [2.24, 2.45) is 0 Å². The zero-order valence-electron chi connectivity index (χ0n) is 15.0. The van der Waals surface area contributed by atoms with Crippen LogP contribution in [0.5, 0.6) is 23.5 Å². The maximum absolute atomic E-state index is 13.5. The Bertz CT molecular complexity index is 1390. The number of nitrogens with one attached hydrogen (secondary N) is 4. The maximum atomic E-state index is 13.5. The molecular formula is C19H11F2N7O2. The molecule has 0 unspecified atom stereocenters. The highest BCUT2D eigenvalue weighted by molar-refractivity contribution is 5.86. The summed E-state index contributed by atoms with van der Waals surface area (Å²) in [4.78, 5) is 23.7. The summed E-state index contributed by atoms with van der Waals surface area (Å²) in [5.74, 6) is 0.0511. The molecule has 0 radical (unpaired) electrons. The molecule has 4 aromatic rings. The minimum absolute atomic E-state index is 0.200. The summed E-state index contributed by atoms with van der Waals surface area (Å²) in [6.07, 6.45) is 7.62. The van der Waals surface area contributed by atoms with Gasteiger partial charge in [-0.1, -0.05) is 0 Å². The number of H-pyrrole nitrogens is 4. The van der Waals surface area contributed by atoms with Crippen molar-refractivity contribution in [2.45, 2.75) is 0 Å². The highest BCUT2D eigenvalue weighted by Crippen LogP contribution is 2.39. The molecule has 0 aliphatic carbocycles. The van der Waals surface area contributed by atoms with Crippen molar-refractivity contribution in [3.63, 3.8) is 0 Å². The Morgan fingerprint density at radius 3 is 1.73 bits per heavy atom. The van der Waals surface area contributed by atoms with Gasteiger partial charge in [-0.15, -0.1) is 0 Å². The molecule has 4 N–H and O–H groups in total.